The zero-order valence-electron chi connectivity index (χ0n) is 7.41. The third kappa shape index (κ3) is 1.95. The molecular formula is C10H9BrFNO. The Labute approximate surface area is 89.9 Å². The third-order valence-electron chi connectivity index (χ3n) is 2.08. The number of alkyl halides is 1. The van der Waals surface area contributed by atoms with Gasteiger partial charge in [-0.2, -0.15) is 0 Å². The second-order valence-corrected chi connectivity index (χ2v) is 3.78. The van der Waals surface area contributed by atoms with Crippen LogP contribution in [0.2, 0.25) is 0 Å². The van der Waals surface area contributed by atoms with E-state index in [4.69, 9.17) is 4.84 Å². The molecule has 2 rings (SSSR count). The molecule has 0 radical (unpaired) electrons. The highest BCUT2D eigenvalue weighted by Crippen LogP contribution is 2.18. The Hall–Kier alpha value is -0.900. The molecule has 2 nitrogen and oxygen atoms in total. The van der Waals surface area contributed by atoms with Crippen molar-refractivity contribution >= 4 is 21.6 Å². The summed E-state index contributed by atoms with van der Waals surface area (Å²) in [7, 11) is 0. The average Bonchev–Trinajstić information content (AvgIpc) is 2.67. The summed E-state index contributed by atoms with van der Waals surface area (Å²) in [5.74, 6) is -0.231. The molecule has 0 N–H and O–H groups in total. The van der Waals surface area contributed by atoms with Crippen LogP contribution in [-0.4, -0.2) is 17.1 Å². The molecule has 74 valence electrons. The average molecular weight is 258 g/mol. The lowest BCUT2D eigenvalue weighted by Gasteiger charge is -2.01. The number of nitrogens with zero attached hydrogens (tertiary/aromatic N) is 1. The van der Waals surface area contributed by atoms with Crippen LogP contribution < -0.4 is 0 Å². The SMILES string of the molecule is Fc1ccc(C2=NO[C@@H](CBr)C2)cc1. The molecule has 14 heavy (non-hydrogen) atoms. The standard InChI is InChI=1S/C10H9BrFNO/c11-6-9-5-10(13-14-9)7-1-3-8(12)4-2-7/h1-4,9H,5-6H2/t9-/m1/s1. The van der Waals surface area contributed by atoms with Crippen molar-refractivity contribution < 1.29 is 9.23 Å². The van der Waals surface area contributed by atoms with Crippen molar-refractivity contribution in [2.75, 3.05) is 5.33 Å². The molecule has 0 spiro atoms. The van der Waals surface area contributed by atoms with Gasteiger partial charge in [-0.1, -0.05) is 33.2 Å². The minimum atomic E-state index is -0.231. The number of hydrogen-bond donors (Lipinski definition) is 0. The van der Waals surface area contributed by atoms with Gasteiger partial charge in [0.15, 0.2) is 0 Å². The minimum Gasteiger partial charge on any atom is -0.391 e. The van der Waals surface area contributed by atoms with Gasteiger partial charge in [0.1, 0.15) is 11.9 Å². The predicted molar refractivity (Wildman–Crippen MR) is 56.2 cm³/mol. The Kier molecular flexibility index (Phi) is 2.82. The quantitative estimate of drug-likeness (QED) is 0.747. The number of oxime groups is 1. The zero-order valence-corrected chi connectivity index (χ0v) is 9.00. The Bertz CT molecular complexity index is 350. The molecule has 0 saturated heterocycles. The second kappa shape index (κ2) is 4.09. The van der Waals surface area contributed by atoms with Crippen LogP contribution in [0.3, 0.4) is 0 Å². The lowest BCUT2D eigenvalue weighted by Crippen LogP contribution is -2.09. The molecular weight excluding hydrogens is 249 g/mol. The maximum atomic E-state index is 12.6. The monoisotopic (exact) mass is 257 g/mol. The van der Waals surface area contributed by atoms with E-state index in [1.807, 2.05) is 0 Å². The summed E-state index contributed by atoms with van der Waals surface area (Å²) in [6, 6.07) is 6.29. The number of rotatable bonds is 2. The molecule has 0 aromatic heterocycles. The van der Waals surface area contributed by atoms with E-state index in [1.54, 1.807) is 12.1 Å². The van der Waals surface area contributed by atoms with Crippen LogP contribution in [0.1, 0.15) is 12.0 Å². The summed E-state index contributed by atoms with van der Waals surface area (Å²) in [5.41, 5.74) is 1.81. The highest BCUT2D eigenvalue weighted by molar-refractivity contribution is 9.09. The molecule has 0 aliphatic carbocycles. The van der Waals surface area contributed by atoms with Gasteiger partial charge in [-0.15, -0.1) is 0 Å². The highest BCUT2D eigenvalue weighted by atomic mass is 79.9. The number of benzene rings is 1. The van der Waals surface area contributed by atoms with Crippen molar-refractivity contribution in [3.8, 4) is 0 Å². The van der Waals surface area contributed by atoms with Crippen molar-refractivity contribution in [3.63, 3.8) is 0 Å². The second-order valence-electron chi connectivity index (χ2n) is 3.13. The maximum absolute atomic E-state index is 12.6. The smallest absolute Gasteiger partial charge is 0.142 e. The first-order chi connectivity index (χ1) is 6.79. The van der Waals surface area contributed by atoms with E-state index in [2.05, 4.69) is 21.1 Å². The van der Waals surface area contributed by atoms with Gasteiger partial charge in [0.25, 0.3) is 0 Å². The fraction of sp³-hybridized carbons (Fsp3) is 0.300. The fourth-order valence-corrected chi connectivity index (χ4v) is 1.67. The van der Waals surface area contributed by atoms with Crippen LogP contribution in [0, 0.1) is 5.82 Å². The lowest BCUT2D eigenvalue weighted by atomic mass is 10.1. The van der Waals surface area contributed by atoms with Crippen molar-refractivity contribution in [1.82, 2.24) is 0 Å². The minimum absolute atomic E-state index is 0.107. The Morgan fingerprint density at radius 2 is 2.14 bits per heavy atom. The molecule has 1 atom stereocenters. The van der Waals surface area contributed by atoms with Gasteiger partial charge in [0, 0.05) is 11.8 Å². The molecule has 1 heterocycles. The first kappa shape index (κ1) is 9.65. The van der Waals surface area contributed by atoms with E-state index in [9.17, 15) is 4.39 Å². The van der Waals surface area contributed by atoms with Gasteiger partial charge in [-0.25, -0.2) is 4.39 Å². The molecule has 1 aromatic rings. The van der Waals surface area contributed by atoms with E-state index in [-0.39, 0.29) is 11.9 Å². The van der Waals surface area contributed by atoms with Crippen molar-refractivity contribution in [3.05, 3.63) is 35.6 Å². The molecule has 1 aromatic carbocycles. The Morgan fingerprint density at radius 1 is 1.43 bits per heavy atom. The van der Waals surface area contributed by atoms with Gasteiger partial charge in [-0.05, 0) is 17.7 Å². The molecule has 0 bridgehead atoms. The van der Waals surface area contributed by atoms with Gasteiger partial charge >= 0.3 is 0 Å². The molecule has 0 unspecified atom stereocenters. The predicted octanol–water partition coefficient (Wildman–Crippen LogP) is 2.71. The Balaban J connectivity index is 2.13. The van der Waals surface area contributed by atoms with Crippen molar-refractivity contribution in [2.45, 2.75) is 12.5 Å². The van der Waals surface area contributed by atoms with Crippen LogP contribution in [0.4, 0.5) is 4.39 Å². The van der Waals surface area contributed by atoms with Crippen LogP contribution in [0.5, 0.6) is 0 Å². The van der Waals surface area contributed by atoms with Crippen molar-refractivity contribution in [1.29, 1.82) is 0 Å². The summed E-state index contributed by atoms with van der Waals surface area (Å²) in [6.45, 7) is 0. The molecule has 4 heteroatoms. The van der Waals surface area contributed by atoms with Crippen LogP contribution in [0.15, 0.2) is 29.4 Å². The number of hydrogen-bond acceptors (Lipinski definition) is 2. The summed E-state index contributed by atoms with van der Waals surface area (Å²) < 4.78 is 12.6. The summed E-state index contributed by atoms with van der Waals surface area (Å²) in [6.07, 6.45) is 0.881. The van der Waals surface area contributed by atoms with E-state index in [1.165, 1.54) is 12.1 Å². The van der Waals surface area contributed by atoms with Crippen molar-refractivity contribution in [2.24, 2.45) is 5.16 Å². The van der Waals surface area contributed by atoms with Gasteiger partial charge in [0.05, 0.1) is 5.71 Å². The van der Waals surface area contributed by atoms with E-state index >= 15 is 0 Å². The number of halogens is 2. The summed E-state index contributed by atoms with van der Waals surface area (Å²) in [4.78, 5) is 5.15. The van der Waals surface area contributed by atoms with Crippen LogP contribution in [0.25, 0.3) is 0 Å². The molecule has 0 saturated carbocycles. The Morgan fingerprint density at radius 3 is 2.71 bits per heavy atom. The topological polar surface area (TPSA) is 21.6 Å². The first-order valence-electron chi connectivity index (χ1n) is 4.34. The molecule has 1 aliphatic rings. The van der Waals surface area contributed by atoms with Crippen LogP contribution in [-0.2, 0) is 4.84 Å². The van der Waals surface area contributed by atoms with E-state index in [0.29, 0.717) is 0 Å². The molecule has 1 aliphatic heterocycles. The summed E-state index contributed by atoms with van der Waals surface area (Å²) in [5, 5.41) is 4.72. The van der Waals surface area contributed by atoms with Gasteiger partial charge in [0.2, 0.25) is 0 Å². The largest absolute Gasteiger partial charge is 0.391 e. The molecule has 0 amide bonds. The lowest BCUT2D eigenvalue weighted by molar-refractivity contribution is 0.104. The molecule has 0 fully saturated rings. The van der Waals surface area contributed by atoms with Crippen LogP contribution >= 0.6 is 15.9 Å². The first-order valence-corrected chi connectivity index (χ1v) is 5.46. The summed E-state index contributed by atoms with van der Waals surface area (Å²) >= 11 is 3.33. The van der Waals surface area contributed by atoms with Gasteiger partial charge in [-0.3, -0.25) is 0 Å². The fourth-order valence-electron chi connectivity index (χ4n) is 1.32. The third-order valence-corrected chi connectivity index (χ3v) is 2.80. The van der Waals surface area contributed by atoms with Gasteiger partial charge < -0.3 is 4.84 Å². The zero-order chi connectivity index (χ0) is 9.97. The maximum Gasteiger partial charge on any atom is 0.142 e. The van der Waals surface area contributed by atoms with E-state index in [0.717, 1.165) is 23.0 Å². The van der Waals surface area contributed by atoms with E-state index < -0.39 is 0 Å². The normalized spacial score (nSPS) is 20.4. The highest BCUT2D eigenvalue weighted by Gasteiger charge is 2.20.